The standard InChI is InChI=1S/C23H33O6S.3CO.Tc/c24-21(19-7-1-2-8-19)9-3-5-15-30(28,29)16-6-4-10-22(25)20-13-11-18(17-20)12-14-23(26)27;3*1-2;/h1-2,7-8,18,20H,3-6,9-17H2,(H,26,27);;;;/i;;;;1+1. The molecule has 2 aliphatic rings. The van der Waals surface area contributed by atoms with Crippen LogP contribution in [0.5, 0.6) is 0 Å². The predicted molar refractivity (Wildman–Crippen MR) is 126 cm³/mol. The maximum absolute atomic E-state index is 12.3. The number of carbonyl (C=O) groups excluding carboxylic acids is 2. The van der Waals surface area contributed by atoms with E-state index in [2.05, 4.69) is 20.0 Å². The van der Waals surface area contributed by atoms with Crippen LogP contribution >= 0.6 is 0 Å². The van der Waals surface area contributed by atoms with E-state index in [1.165, 1.54) is 0 Å². The molecular formula is C26H33O9STc. The van der Waals surface area contributed by atoms with Crippen LogP contribution in [-0.4, -0.2) is 42.6 Å². The van der Waals surface area contributed by atoms with Crippen molar-refractivity contribution in [3.05, 3.63) is 51.6 Å². The first-order valence-corrected chi connectivity index (χ1v) is 13.4. The van der Waals surface area contributed by atoms with Crippen LogP contribution in [0.3, 0.4) is 0 Å². The number of aliphatic carboxylic acids is 1. The first-order chi connectivity index (χ1) is 17.3. The second kappa shape index (κ2) is 24.9. The molecule has 204 valence electrons. The van der Waals surface area contributed by atoms with E-state index in [0.29, 0.717) is 56.8 Å². The Hall–Kier alpha value is -1.37. The van der Waals surface area contributed by atoms with Gasteiger partial charge >= 0.3 is 39.9 Å². The molecule has 0 amide bonds. The Labute approximate surface area is 234 Å². The van der Waals surface area contributed by atoms with E-state index in [1.54, 1.807) is 12.8 Å². The number of carboxylic acids is 1. The van der Waals surface area contributed by atoms with Gasteiger partial charge in [-0.3, -0.25) is 14.4 Å². The van der Waals surface area contributed by atoms with Crippen molar-refractivity contribution in [3.63, 3.8) is 0 Å². The Morgan fingerprint density at radius 2 is 1.35 bits per heavy atom. The third-order valence-electron chi connectivity index (χ3n) is 5.99. The van der Waals surface area contributed by atoms with Gasteiger partial charge in [0.05, 0.1) is 11.5 Å². The summed E-state index contributed by atoms with van der Waals surface area (Å²) in [4.78, 5) is 34.9. The molecule has 0 aliphatic heterocycles. The second-order valence-corrected chi connectivity index (χ2v) is 10.7. The van der Waals surface area contributed by atoms with Gasteiger partial charge in [-0.15, -0.1) is 0 Å². The van der Waals surface area contributed by atoms with Gasteiger partial charge in [-0.1, -0.05) is 0 Å². The minimum atomic E-state index is -3.15. The topological polar surface area (TPSA) is 165 Å². The molecule has 0 bridgehead atoms. The van der Waals surface area contributed by atoms with Crippen LogP contribution in [0.1, 0.15) is 70.6 Å². The molecule has 0 heterocycles. The zero-order valence-electron chi connectivity index (χ0n) is 20.7. The van der Waals surface area contributed by atoms with E-state index in [1.807, 2.05) is 12.8 Å². The molecule has 0 spiro atoms. The Balaban J connectivity index is -0.00000153. The van der Waals surface area contributed by atoms with Crippen molar-refractivity contribution in [2.45, 2.75) is 70.6 Å². The normalized spacial score (nSPS) is 18.3. The molecular weight excluding hydrogens is 587 g/mol. The summed E-state index contributed by atoms with van der Waals surface area (Å²) in [6.45, 7) is 13.5. The van der Waals surface area contributed by atoms with Gasteiger partial charge in [0, 0.05) is 51.2 Å². The molecule has 2 unspecified atom stereocenters. The molecule has 9 nitrogen and oxygen atoms in total. The van der Waals surface area contributed by atoms with E-state index in [-0.39, 0.29) is 55.5 Å². The number of carbonyl (C=O) groups is 3. The molecule has 11 heteroatoms. The molecule has 1 N–H and O–H groups in total. The SMILES string of the molecule is O=C(O)CCC1CCC(C(=O)CCCCS(=O)(=O)CCCCC(=O)[C]2[CH][CH][CH][CH]2)C1.[99Tc].[C-]#[O+].[C-]#[O+].[C-]#[O+]. The van der Waals surface area contributed by atoms with Crippen molar-refractivity contribution in [2.24, 2.45) is 11.8 Å². The molecule has 37 heavy (non-hydrogen) atoms. The van der Waals surface area contributed by atoms with Crippen LogP contribution in [0.15, 0.2) is 0 Å². The molecule has 2 atom stereocenters. The predicted octanol–water partition coefficient (Wildman–Crippen LogP) is 3.45. The van der Waals surface area contributed by atoms with Gasteiger partial charge in [0.2, 0.25) is 0 Å². The van der Waals surface area contributed by atoms with Gasteiger partial charge in [-0.05, 0) is 83.0 Å². The van der Waals surface area contributed by atoms with Crippen molar-refractivity contribution >= 4 is 27.4 Å². The number of sulfone groups is 1. The summed E-state index contributed by atoms with van der Waals surface area (Å²) >= 11 is 0. The number of hydrogen-bond acceptors (Lipinski definition) is 5. The second-order valence-electron chi connectivity index (χ2n) is 8.44. The molecule has 6 radical (unpaired) electrons. The summed E-state index contributed by atoms with van der Waals surface area (Å²) in [7, 11) is -3.15. The summed E-state index contributed by atoms with van der Waals surface area (Å²) in [6.07, 6.45) is 13.3. The van der Waals surface area contributed by atoms with E-state index < -0.39 is 15.8 Å². The van der Waals surface area contributed by atoms with Crippen LogP contribution < -0.4 is 0 Å². The summed E-state index contributed by atoms with van der Waals surface area (Å²) in [6, 6.07) is 0. The van der Waals surface area contributed by atoms with E-state index in [4.69, 9.17) is 19.1 Å². The first-order valence-electron chi connectivity index (χ1n) is 11.6. The third kappa shape index (κ3) is 19.4. The fourth-order valence-corrected chi connectivity index (χ4v) is 5.69. The molecule has 2 rings (SSSR count). The number of Topliss-reactive ketones (excluding diaryl/α,β-unsaturated/α-hetero) is 2. The van der Waals surface area contributed by atoms with E-state index >= 15 is 0 Å². The minimum absolute atomic E-state index is 0. The van der Waals surface area contributed by atoms with Crippen molar-refractivity contribution < 1.29 is 62.0 Å². The molecule has 2 fully saturated rings. The fraction of sp³-hybridized carbons (Fsp3) is 0.577. The van der Waals surface area contributed by atoms with Gasteiger partial charge in [0.25, 0.3) is 0 Å². The van der Waals surface area contributed by atoms with Crippen LogP contribution in [0, 0.1) is 63.4 Å². The first kappa shape index (κ1) is 40.1. The average Bonchev–Trinajstić information content (AvgIpc) is 3.60. The summed E-state index contributed by atoms with van der Waals surface area (Å²) in [5, 5.41) is 8.76. The molecule has 0 saturated heterocycles. The van der Waals surface area contributed by atoms with Gasteiger partial charge in [0.1, 0.15) is 21.4 Å². The van der Waals surface area contributed by atoms with E-state index in [0.717, 1.165) is 19.3 Å². The third-order valence-corrected chi connectivity index (χ3v) is 7.81. The Kier molecular flexibility index (Phi) is 27.0. The zero-order chi connectivity index (χ0) is 28.0. The number of hydrogen-bond donors (Lipinski definition) is 1. The molecule has 2 aliphatic carbocycles. The number of ketones is 2. The fourth-order valence-electron chi connectivity index (χ4n) is 4.20. The summed E-state index contributed by atoms with van der Waals surface area (Å²) in [5.41, 5.74) is 0. The monoisotopic (exact) mass is 620 g/mol. The van der Waals surface area contributed by atoms with Gasteiger partial charge in [-0.25, -0.2) is 8.42 Å². The Morgan fingerprint density at radius 1 is 0.838 bits per heavy atom. The molecule has 0 aromatic rings. The van der Waals surface area contributed by atoms with Gasteiger partial charge in [0.15, 0.2) is 0 Å². The number of carboxylic acid groups (broad SMARTS) is 1. The van der Waals surface area contributed by atoms with Crippen molar-refractivity contribution in [3.8, 4) is 0 Å². The van der Waals surface area contributed by atoms with Gasteiger partial charge < -0.3 is 5.11 Å². The van der Waals surface area contributed by atoms with Crippen molar-refractivity contribution in [1.82, 2.24) is 0 Å². The van der Waals surface area contributed by atoms with Crippen molar-refractivity contribution in [2.75, 3.05) is 11.5 Å². The quantitative estimate of drug-likeness (QED) is 0.167. The van der Waals surface area contributed by atoms with Crippen LogP contribution in [0.4, 0.5) is 0 Å². The number of unbranched alkanes of at least 4 members (excludes halogenated alkanes) is 2. The van der Waals surface area contributed by atoms with Crippen molar-refractivity contribution in [1.29, 1.82) is 0 Å². The number of rotatable bonds is 15. The van der Waals surface area contributed by atoms with E-state index in [9.17, 15) is 22.8 Å². The van der Waals surface area contributed by atoms with Crippen LogP contribution in [0.25, 0.3) is 0 Å². The zero-order valence-corrected chi connectivity index (χ0v) is 23.3. The van der Waals surface area contributed by atoms with Crippen LogP contribution in [-0.2, 0) is 58.3 Å². The summed E-state index contributed by atoms with van der Waals surface area (Å²) in [5.74, 6) is 0.634. The molecule has 2 saturated carbocycles. The summed E-state index contributed by atoms with van der Waals surface area (Å²) < 4.78 is 46.8. The molecule has 0 aromatic heterocycles. The average molecular weight is 621 g/mol. The molecule has 0 aromatic carbocycles. The van der Waals surface area contributed by atoms with Crippen LogP contribution in [0.2, 0.25) is 0 Å². The van der Waals surface area contributed by atoms with Gasteiger partial charge in [-0.2, -0.15) is 0 Å². The maximum atomic E-state index is 12.3. The Bertz CT molecular complexity index is 797. The Morgan fingerprint density at radius 3 is 1.86 bits per heavy atom.